The van der Waals surface area contributed by atoms with Crippen LogP contribution in [0.4, 0.5) is 0 Å². The van der Waals surface area contributed by atoms with Gasteiger partial charge >= 0.3 is 5.97 Å². The molecule has 4 aromatic rings. The van der Waals surface area contributed by atoms with Gasteiger partial charge < -0.3 is 14.8 Å². The summed E-state index contributed by atoms with van der Waals surface area (Å²) in [4.78, 5) is 24.8. The number of amides is 1. The molecule has 1 amide bonds. The fraction of sp³-hybridized carbons (Fsp3) is 0.174. The smallest absolute Gasteiger partial charge is 0.325 e. The Kier molecular flexibility index (Phi) is 5.61. The van der Waals surface area contributed by atoms with Crippen LogP contribution in [0.5, 0.6) is 5.75 Å². The molecule has 0 aliphatic carbocycles. The zero-order valence-corrected chi connectivity index (χ0v) is 16.5. The standard InChI is InChI=1S/C23H21N3O4/c1-2-29-20(27)14-24-23(28)21-22(30-15-16-8-4-3-5-9-16)18-11-7-6-10-17(18)19-12-13-25-26(19)21/h3-13H,2,14-15H2,1H3,(H,24,28). The summed E-state index contributed by atoms with van der Waals surface area (Å²) in [6.45, 7) is 2.02. The van der Waals surface area contributed by atoms with Gasteiger partial charge in [-0.2, -0.15) is 5.10 Å². The molecule has 2 aromatic heterocycles. The first kappa shape index (κ1) is 19.4. The second-order valence-electron chi connectivity index (χ2n) is 6.61. The average molecular weight is 403 g/mol. The van der Waals surface area contributed by atoms with Gasteiger partial charge in [-0.1, -0.05) is 54.6 Å². The number of benzene rings is 2. The predicted molar refractivity (Wildman–Crippen MR) is 112 cm³/mol. The maximum absolute atomic E-state index is 13.1. The summed E-state index contributed by atoms with van der Waals surface area (Å²) >= 11 is 0. The van der Waals surface area contributed by atoms with Crippen LogP contribution in [0.1, 0.15) is 23.0 Å². The number of esters is 1. The molecule has 0 radical (unpaired) electrons. The number of carbonyl (C=O) groups is 2. The first-order chi connectivity index (χ1) is 14.7. The molecule has 0 unspecified atom stereocenters. The SMILES string of the molecule is CCOC(=O)CNC(=O)c1c(OCc2ccccc2)c2ccccc2c2ccnn12. The molecule has 152 valence electrons. The van der Waals surface area contributed by atoms with Crippen LogP contribution in [0.25, 0.3) is 16.3 Å². The highest BCUT2D eigenvalue weighted by molar-refractivity contribution is 6.08. The van der Waals surface area contributed by atoms with E-state index < -0.39 is 11.9 Å². The largest absolute Gasteiger partial charge is 0.486 e. The molecule has 0 fully saturated rings. The minimum Gasteiger partial charge on any atom is -0.486 e. The van der Waals surface area contributed by atoms with E-state index in [9.17, 15) is 9.59 Å². The Morgan fingerprint density at radius 1 is 1.00 bits per heavy atom. The second kappa shape index (κ2) is 8.65. The Morgan fingerprint density at radius 3 is 2.50 bits per heavy atom. The molecule has 0 saturated heterocycles. The Morgan fingerprint density at radius 2 is 1.73 bits per heavy atom. The Bertz CT molecular complexity index is 1200. The lowest BCUT2D eigenvalue weighted by molar-refractivity contribution is -0.141. The maximum atomic E-state index is 13.1. The van der Waals surface area contributed by atoms with Crippen LogP contribution in [0.15, 0.2) is 66.9 Å². The van der Waals surface area contributed by atoms with Gasteiger partial charge in [-0.25, -0.2) is 4.52 Å². The highest BCUT2D eigenvalue weighted by Gasteiger charge is 2.23. The van der Waals surface area contributed by atoms with Crippen LogP contribution in [-0.4, -0.2) is 34.6 Å². The third kappa shape index (κ3) is 3.82. The summed E-state index contributed by atoms with van der Waals surface area (Å²) < 4.78 is 12.6. The molecule has 0 spiro atoms. The van der Waals surface area contributed by atoms with E-state index >= 15 is 0 Å². The fourth-order valence-corrected chi connectivity index (χ4v) is 3.34. The number of aromatic nitrogens is 2. The molecule has 1 N–H and O–H groups in total. The van der Waals surface area contributed by atoms with E-state index in [1.807, 2.05) is 60.7 Å². The summed E-state index contributed by atoms with van der Waals surface area (Å²) in [5, 5.41) is 8.65. The second-order valence-corrected chi connectivity index (χ2v) is 6.61. The van der Waals surface area contributed by atoms with Gasteiger partial charge in [0.1, 0.15) is 13.2 Å². The lowest BCUT2D eigenvalue weighted by atomic mass is 10.1. The van der Waals surface area contributed by atoms with Gasteiger partial charge in [-0.3, -0.25) is 9.59 Å². The molecule has 4 rings (SSSR count). The van der Waals surface area contributed by atoms with Gasteiger partial charge in [0, 0.05) is 10.8 Å². The van der Waals surface area contributed by atoms with Gasteiger partial charge in [0.15, 0.2) is 11.4 Å². The lowest BCUT2D eigenvalue weighted by Crippen LogP contribution is -2.32. The number of carbonyl (C=O) groups excluding carboxylic acids is 2. The number of rotatable bonds is 7. The van der Waals surface area contributed by atoms with E-state index in [4.69, 9.17) is 9.47 Å². The summed E-state index contributed by atoms with van der Waals surface area (Å²) in [7, 11) is 0. The van der Waals surface area contributed by atoms with Gasteiger partial charge in [0.25, 0.3) is 5.91 Å². The van der Waals surface area contributed by atoms with Crippen molar-refractivity contribution in [3.8, 4) is 5.75 Å². The topological polar surface area (TPSA) is 81.9 Å². The molecule has 0 saturated carbocycles. The predicted octanol–water partition coefficient (Wildman–Crippen LogP) is 3.36. The van der Waals surface area contributed by atoms with E-state index in [2.05, 4.69) is 10.4 Å². The van der Waals surface area contributed by atoms with Gasteiger partial charge in [0.05, 0.1) is 18.3 Å². The van der Waals surface area contributed by atoms with E-state index in [1.165, 1.54) is 0 Å². The monoisotopic (exact) mass is 403 g/mol. The Balaban J connectivity index is 1.78. The molecule has 2 aromatic carbocycles. The number of fused-ring (bicyclic) bond motifs is 3. The zero-order chi connectivity index (χ0) is 20.9. The number of ether oxygens (including phenoxy) is 2. The van der Waals surface area contributed by atoms with Crippen molar-refractivity contribution < 1.29 is 19.1 Å². The molecular formula is C23H21N3O4. The summed E-state index contributed by atoms with van der Waals surface area (Å²) in [5.74, 6) is -0.562. The highest BCUT2D eigenvalue weighted by atomic mass is 16.5. The van der Waals surface area contributed by atoms with Gasteiger partial charge in [0.2, 0.25) is 0 Å². The zero-order valence-electron chi connectivity index (χ0n) is 16.5. The molecule has 7 heteroatoms. The van der Waals surface area contributed by atoms with Crippen molar-refractivity contribution in [3.05, 3.63) is 78.1 Å². The molecule has 30 heavy (non-hydrogen) atoms. The van der Waals surface area contributed by atoms with E-state index in [0.29, 0.717) is 5.75 Å². The summed E-state index contributed by atoms with van der Waals surface area (Å²) in [6.07, 6.45) is 1.63. The summed E-state index contributed by atoms with van der Waals surface area (Å²) in [5.41, 5.74) is 1.98. The number of hydrogen-bond donors (Lipinski definition) is 1. The third-order valence-electron chi connectivity index (χ3n) is 4.66. The normalized spacial score (nSPS) is 10.8. The van der Waals surface area contributed by atoms with E-state index in [0.717, 1.165) is 21.9 Å². The summed E-state index contributed by atoms with van der Waals surface area (Å²) in [6, 6.07) is 19.2. The minimum absolute atomic E-state index is 0.230. The average Bonchev–Trinajstić information content (AvgIpc) is 3.26. The number of pyridine rings is 1. The van der Waals surface area contributed by atoms with Gasteiger partial charge in [-0.05, 0) is 18.6 Å². The van der Waals surface area contributed by atoms with Crippen LogP contribution in [-0.2, 0) is 16.1 Å². The quantitative estimate of drug-likeness (QED) is 0.479. The van der Waals surface area contributed by atoms with Crippen LogP contribution >= 0.6 is 0 Å². The van der Waals surface area contributed by atoms with Crippen molar-refractivity contribution in [3.63, 3.8) is 0 Å². The fourth-order valence-electron chi connectivity index (χ4n) is 3.34. The molecule has 0 aliphatic rings. The molecule has 7 nitrogen and oxygen atoms in total. The van der Waals surface area contributed by atoms with Crippen molar-refractivity contribution in [2.24, 2.45) is 0 Å². The first-order valence-electron chi connectivity index (χ1n) is 9.68. The maximum Gasteiger partial charge on any atom is 0.325 e. The molecule has 0 aliphatic heterocycles. The molecule has 0 atom stereocenters. The van der Waals surface area contributed by atoms with E-state index in [1.54, 1.807) is 17.6 Å². The van der Waals surface area contributed by atoms with Crippen LogP contribution in [0.2, 0.25) is 0 Å². The van der Waals surface area contributed by atoms with Crippen molar-refractivity contribution in [1.29, 1.82) is 0 Å². The Labute approximate surface area is 173 Å². The lowest BCUT2D eigenvalue weighted by Gasteiger charge is -2.16. The molecule has 2 heterocycles. The van der Waals surface area contributed by atoms with Crippen LogP contribution in [0, 0.1) is 0 Å². The minimum atomic E-state index is -0.505. The van der Waals surface area contributed by atoms with E-state index in [-0.39, 0.29) is 25.5 Å². The molecular weight excluding hydrogens is 382 g/mol. The van der Waals surface area contributed by atoms with Crippen molar-refractivity contribution >= 4 is 28.2 Å². The number of nitrogens with one attached hydrogen (secondary N) is 1. The van der Waals surface area contributed by atoms with Crippen molar-refractivity contribution in [1.82, 2.24) is 14.9 Å². The third-order valence-corrected chi connectivity index (χ3v) is 4.66. The van der Waals surface area contributed by atoms with Gasteiger partial charge in [-0.15, -0.1) is 0 Å². The van der Waals surface area contributed by atoms with Crippen molar-refractivity contribution in [2.75, 3.05) is 13.2 Å². The van der Waals surface area contributed by atoms with Crippen molar-refractivity contribution in [2.45, 2.75) is 13.5 Å². The number of nitrogens with zero attached hydrogens (tertiary/aromatic N) is 2. The molecule has 0 bridgehead atoms. The first-order valence-corrected chi connectivity index (χ1v) is 9.68. The van der Waals surface area contributed by atoms with Crippen LogP contribution < -0.4 is 10.1 Å². The number of hydrogen-bond acceptors (Lipinski definition) is 5. The highest BCUT2D eigenvalue weighted by Crippen LogP contribution is 2.33. The Hall–Kier alpha value is -3.87. The van der Waals surface area contributed by atoms with Crippen LogP contribution in [0.3, 0.4) is 0 Å².